The number of benzene rings is 1. The molecule has 26 heavy (non-hydrogen) atoms. The zero-order chi connectivity index (χ0) is 19.3. The van der Waals surface area contributed by atoms with Crippen LogP contribution in [-0.2, 0) is 10.9 Å². The second kappa shape index (κ2) is 7.90. The van der Waals surface area contributed by atoms with Crippen LogP contribution in [0.25, 0.3) is 11.3 Å². The van der Waals surface area contributed by atoms with E-state index in [1.807, 2.05) is 0 Å². The third-order valence-electron chi connectivity index (χ3n) is 3.47. The number of amides is 1. The number of hydrogen-bond donors (Lipinski definition) is 1. The minimum atomic E-state index is -4.85. The third kappa shape index (κ3) is 4.14. The van der Waals surface area contributed by atoms with Crippen molar-refractivity contribution in [3.05, 3.63) is 65.0 Å². The fourth-order valence-electron chi connectivity index (χ4n) is 2.40. The summed E-state index contributed by atoms with van der Waals surface area (Å²) in [5, 5.41) is 0. The van der Waals surface area contributed by atoms with Crippen LogP contribution in [0.1, 0.15) is 12.5 Å². The summed E-state index contributed by atoms with van der Waals surface area (Å²) in [6, 6.07) is 8.92. The number of aromatic amines is 1. The standard InChI is InChI=1S/C18H17F3N2O3/c1-3-10-23(17(25)26-4-2)15-13(18(19,20)21)11-14(22-16(15)24)12-8-6-5-7-9-12/h3,5-9,11H,1,4,10H2,2H3,(H,22,24). The minimum absolute atomic E-state index is 0.00548. The van der Waals surface area contributed by atoms with Crippen LogP contribution in [0.15, 0.2) is 53.8 Å². The number of hydrogen-bond acceptors (Lipinski definition) is 3. The van der Waals surface area contributed by atoms with Crippen LogP contribution in [0.2, 0.25) is 0 Å². The lowest BCUT2D eigenvalue weighted by Gasteiger charge is -2.23. The Morgan fingerprint density at radius 1 is 1.31 bits per heavy atom. The maximum atomic E-state index is 13.6. The Morgan fingerprint density at radius 2 is 1.96 bits per heavy atom. The van der Waals surface area contributed by atoms with Crippen molar-refractivity contribution in [2.45, 2.75) is 13.1 Å². The number of halogens is 3. The number of ether oxygens (including phenoxy) is 1. The highest BCUT2D eigenvalue weighted by Gasteiger charge is 2.38. The van der Waals surface area contributed by atoms with Crippen molar-refractivity contribution in [1.29, 1.82) is 0 Å². The first kappa shape index (κ1) is 19.3. The fraction of sp³-hybridized carbons (Fsp3) is 0.222. The predicted molar refractivity (Wildman–Crippen MR) is 92.1 cm³/mol. The molecule has 5 nitrogen and oxygen atoms in total. The maximum Gasteiger partial charge on any atom is 0.418 e. The number of alkyl halides is 3. The van der Waals surface area contributed by atoms with E-state index >= 15 is 0 Å². The van der Waals surface area contributed by atoms with Crippen molar-refractivity contribution in [3.63, 3.8) is 0 Å². The molecule has 0 aliphatic rings. The summed E-state index contributed by atoms with van der Waals surface area (Å²) in [5.41, 5.74) is -2.69. The van der Waals surface area contributed by atoms with E-state index in [-0.39, 0.29) is 18.8 Å². The predicted octanol–water partition coefficient (Wildman–Crippen LogP) is 4.21. The molecule has 0 saturated heterocycles. The molecule has 1 heterocycles. The van der Waals surface area contributed by atoms with Gasteiger partial charge in [0.15, 0.2) is 0 Å². The molecule has 0 atom stereocenters. The maximum absolute atomic E-state index is 13.6. The number of pyridine rings is 1. The van der Waals surface area contributed by atoms with Crippen LogP contribution < -0.4 is 10.5 Å². The fourth-order valence-corrected chi connectivity index (χ4v) is 2.40. The summed E-state index contributed by atoms with van der Waals surface area (Å²) in [5.74, 6) is 0. The van der Waals surface area contributed by atoms with Crippen molar-refractivity contribution >= 4 is 11.8 Å². The SMILES string of the molecule is C=CCN(C(=O)OCC)c1c(C(F)(F)F)cc(-c2ccccc2)[nH]c1=O. The van der Waals surface area contributed by atoms with E-state index < -0.39 is 29.1 Å². The van der Waals surface area contributed by atoms with Gasteiger partial charge in [-0.3, -0.25) is 9.69 Å². The van der Waals surface area contributed by atoms with Crippen LogP contribution in [-0.4, -0.2) is 24.2 Å². The average Bonchev–Trinajstić information content (AvgIpc) is 2.59. The summed E-state index contributed by atoms with van der Waals surface area (Å²) >= 11 is 0. The van der Waals surface area contributed by atoms with Gasteiger partial charge in [-0.15, -0.1) is 6.58 Å². The molecule has 0 radical (unpaired) electrons. The van der Waals surface area contributed by atoms with Gasteiger partial charge in [-0.2, -0.15) is 13.2 Å². The third-order valence-corrected chi connectivity index (χ3v) is 3.47. The summed E-state index contributed by atoms with van der Waals surface area (Å²) in [7, 11) is 0. The minimum Gasteiger partial charge on any atom is -0.449 e. The highest BCUT2D eigenvalue weighted by Crippen LogP contribution is 2.36. The lowest BCUT2D eigenvalue weighted by molar-refractivity contribution is -0.137. The Bertz CT molecular complexity index is 845. The zero-order valence-corrected chi connectivity index (χ0v) is 14.0. The molecule has 1 aromatic carbocycles. The van der Waals surface area contributed by atoms with Crippen molar-refractivity contribution < 1.29 is 22.7 Å². The number of aromatic nitrogens is 1. The molecule has 0 saturated carbocycles. The zero-order valence-electron chi connectivity index (χ0n) is 14.0. The Morgan fingerprint density at radius 3 is 2.50 bits per heavy atom. The van der Waals surface area contributed by atoms with Gasteiger partial charge in [0.1, 0.15) is 5.69 Å². The van der Waals surface area contributed by atoms with Gasteiger partial charge < -0.3 is 9.72 Å². The van der Waals surface area contributed by atoms with E-state index in [2.05, 4.69) is 11.6 Å². The Labute approximate surface area is 147 Å². The highest BCUT2D eigenvalue weighted by atomic mass is 19.4. The first-order chi connectivity index (χ1) is 12.3. The number of nitrogens with one attached hydrogen (secondary N) is 1. The smallest absolute Gasteiger partial charge is 0.418 e. The highest BCUT2D eigenvalue weighted by molar-refractivity contribution is 5.89. The van der Waals surface area contributed by atoms with Crippen molar-refractivity contribution in [2.24, 2.45) is 0 Å². The van der Waals surface area contributed by atoms with Crippen LogP contribution in [0.3, 0.4) is 0 Å². The second-order valence-electron chi connectivity index (χ2n) is 5.24. The summed E-state index contributed by atoms with van der Waals surface area (Å²) in [6.45, 7) is 4.57. The molecular formula is C18H17F3N2O3. The van der Waals surface area contributed by atoms with E-state index in [9.17, 15) is 22.8 Å². The summed E-state index contributed by atoms with van der Waals surface area (Å²) in [6.07, 6.45) is -4.70. The topological polar surface area (TPSA) is 62.4 Å². The number of carbonyl (C=O) groups excluding carboxylic acids is 1. The molecular weight excluding hydrogens is 349 g/mol. The molecule has 1 aromatic heterocycles. The Hall–Kier alpha value is -3.03. The van der Waals surface area contributed by atoms with Crippen LogP contribution in [0.5, 0.6) is 0 Å². The molecule has 0 spiro atoms. The quantitative estimate of drug-likeness (QED) is 0.807. The number of H-pyrrole nitrogens is 1. The van der Waals surface area contributed by atoms with E-state index in [0.717, 1.165) is 6.07 Å². The lowest BCUT2D eigenvalue weighted by atomic mass is 10.1. The molecule has 138 valence electrons. The molecule has 0 unspecified atom stereocenters. The molecule has 0 fully saturated rings. The number of carbonyl (C=O) groups is 1. The van der Waals surface area contributed by atoms with Crippen molar-refractivity contribution in [3.8, 4) is 11.3 Å². The van der Waals surface area contributed by atoms with Gasteiger partial charge in [0.25, 0.3) is 5.56 Å². The summed E-state index contributed by atoms with van der Waals surface area (Å²) < 4.78 is 45.6. The number of nitrogens with zero attached hydrogens (tertiary/aromatic N) is 1. The normalized spacial score (nSPS) is 11.1. The molecule has 0 aliphatic carbocycles. The van der Waals surface area contributed by atoms with Gasteiger partial charge >= 0.3 is 12.3 Å². The number of anilines is 1. The first-order valence-electron chi connectivity index (χ1n) is 7.74. The number of rotatable bonds is 5. The molecule has 2 rings (SSSR count). The van der Waals surface area contributed by atoms with E-state index in [1.54, 1.807) is 30.3 Å². The second-order valence-corrected chi connectivity index (χ2v) is 5.24. The average molecular weight is 366 g/mol. The van der Waals surface area contributed by atoms with Crippen LogP contribution in [0, 0.1) is 0 Å². The van der Waals surface area contributed by atoms with E-state index in [1.165, 1.54) is 13.0 Å². The molecule has 1 N–H and O–H groups in total. The molecule has 1 amide bonds. The van der Waals surface area contributed by atoms with E-state index in [4.69, 9.17) is 4.74 Å². The van der Waals surface area contributed by atoms with Gasteiger partial charge in [0.2, 0.25) is 0 Å². The Kier molecular flexibility index (Phi) is 5.86. The Balaban J connectivity index is 2.70. The van der Waals surface area contributed by atoms with Gasteiger partial charge in [-0.05, 0) is 18.6 Å². The van der Waals surface area contributed by atoms with E-state index in [0.29, 0.717) is 10.5 Å². The van der Waals surface area contributed by atoms with Crippen LogP contribution in [0.4, 0.5) is 23.7 Å². The molecule has 0 bridgehead atoms. The van der Waals surface area contributed by atoms with Gasteiger partial charge in [0, 0.05) is 12.2 Å². The van der Waals surface area contributed by atoms with Gasteiger partial charge in [-0.25, -0.2) is 4.79 Å². The van der Waals surface area contributed by atoms with Crippen molar-refractivity contribution in [1.82, 2.24) is 4.98 Å². The summed E-state index contributed by atoms with van der Waals surface area (Å²) in [4.78, 5) is 27.5. The van der Waals surface area contributed by atoms with Crippen LogP contribution >= 0.6 is 0 Å². The van der Waals surface area contributed by atoms with Crippen molar-refractivity contribution in [2.75, 3.05) is 18.1 Å². The molecule has 2 aromatic rings. The molecule has 0 aliphatic heterocycles. The largest absolute Gasteiger partial charge is 0.449 e. The lowest BCUT2D eigenvalue weighted by Crippen LogP contribution is -2.38. The monoisotopic (exact) mass is 366 g/mol. The molecule has 8 heteroatoms. The van der Waals surface area contributed by atoms with Gasteiger partial charge in [-0.1, -0.05) is 36.4 Å². The first-order valence-corrected chi connectivity index (χ1v) is 7.74. The van der Waals surface area contributed by atoms with Gasteiger partial charge in [0.05, 0.1) is 12.2 Å².